The Morgan fingerprint density at radius 1 is 1.80 bits per heavy atom. The van der Waals surface area contributed by atoms with Crippen LogP contribution >= 0.6 is 0 Å². The third-order valence-corrected chi connectivity index (χ3v) is 1.95. The van der Waals surface area contributed by atoms with E-state index in [1.54, 1.807) is 17.8 Å². The van der Waals surface area contributed by atoms with Crippen LogP contribution in [0.15, 0.2) is 12.4 Å². The first-order valence-electron chi connectivity index (χ1n) is 4.77. The zero-order valence-electron chi connectivity index (χ0n) is 8.80. The molecule has 0 spiro atoms. The Kier molecular flexibility index (Phi) is 3.86. The van der Waals surface area contributed by atoms with Crippen molar-refractivity contribution >= 4 is 5.97 Å². The van der Waals surface area contributed by atoms with E-state index < -0.39 is 0 Å². The van der Waals surface area contributed by atoms with Crippen LogP contribution in [-0.4, -0.2) is 22.4 Å². The summed E-state index contributed by atoms with van der Waals surface area (Å²) >= 11 is 0. The van der Waals surface area contributed by atoms with Crippen LogP contribution in [0, 0.1) is 11.3 Å². The number of carbonyl (C=O) groups excluding carboxylic acids is 1. The largest absolute Gasteiger partial charge is 0.462 e. The summed E-state index contributed by atoms with van der Waals surface area (Å²) in [6, 6.07) is 2.02. The zero-order chi connectivity index (χ0) is 11.3. The summed E-state index contributed by atoms with van der Waals surface area (Å²) in [5, 5.41) is 12.5. The molecule has 0 aliphatic rings. The van der Waals surface area contributed by atoms with Crippen molar-refractivity contribution in [3.05, 3.63) is 18.0 Å². The van der Waals surface area contributed by atoms with Gasteiger partial charge in [0.05, 0.1) is 36.9 Å². The fraction of sp³-hybridized carbons (Fsp3) is 0.500. The number of hydrogen-bond donors (Lipinski definition) is 0. The van der Waals surface area contributed by atoms with Gasteiger partial charge in [0.2, 0.25) is 0 Å². The Labute approximate surface area is 88.3 Å². The maximum absolute atomic E-state index is 11.3. The summed E-state index contributed by atoms with van der Waals surface area (Å²) in [6.45, 7) is 3.96. The molecule has 0 radical (unpaired) electrons. The summed E-state index contributed by atoms with van der Waals surface area (Å²) in [6.07, 6.45) is 3.41. The lowest BCUT2D eigenvalue weighted by Gasteiger charge is -2.06. The van der Waals surface area contributed by atoms with Crippen LogP contribution < -0.4 is 0 Å². The highest BCUT2D eigenvalue weighted by molar-refractivity contribution is 5.88. The summed E-state index contributed by atoms with van der Waals surface area (Å²) in [5.74, 6) is -0.382. The van der Waals surface area contributed by atoms with Gasteiger partial charge in [-0.25, -0.2) is 4.79 Å². The van der Waals surface area contributed by atoms with Crippen molar-refractivity contribution in [1.82, 2.24) is 9.78 Å². The monoisotopic (exact) mass is 207 g/mol. The van der Waals surface area contributed by atoms with Crippen molar-refractivity contribution in [1.29, 1.82) is 5.26 Å². The smallest absolute Gasteiger partial charge is 0.341 e. The highest BCUT2D eigenvalue weighted by Crippen LogP contribution is 2.10. The van der Waals surface area contributed by atoms with Gasteiger partial charge in [-0.3, -0.25) is 4.68 Å². The molecule has 0 amide bonds. The molecule has 5 heteroatoms. The van der Waals surface area contributed by atoms with E-state index in [1.165, 1.54) is 6.20 Å². The molecule has 1 heterocycles. The SMILES string of the molecule is CCOC(=O)c1cnn(C(C)CC#N)c1. The van der Waals surface area contributed by atoms with E-state index in [2.05, 4.69) is 11.2 Å². The Hall–Kier alpha value is -1.83. The first-order valence-corrected chi connectivity index (χ1v) is 4.77. The number of carbonyl (C=O) groups is 1. The van der Waals surface area contributed by atoms with Gasteiger partial charge in [-0.2, -0.15) is 10.4 Å². The third kappa shape index (κ3) is 2.81. The molecule has 0 saturated carbocycles. The Morgan fingerprint density at radius 3 is 3.13 bits per heavy atom. The maximum atomic E-state index is 11.3. The van der Waals surface area contributed by atoms with Crippen LogP contribution in [0.25, 0.3) is 0 Å². The van der Waals surface area contributed by atoms with Gasteiger partial charge in [0.15, 0.2) is 0 Å². The molecule has 5 nitrogen and oxygen atoms in total. The number of aromatic nitrogens is 2. The molecule has 0 saturated heterocycles. The molecule has 0 aliphatic heterocycles. The van der Waals surface area contributed by atoms with Crippen LogP contribution in [0.4, 0.5) is 0 Å². The second-order valence-electron chi connectivity index (χ2n) is 3.14. The lowest BCUT2D eigenvalue weighted by Crippen LogP contribution is -2.06. The van der Waals surface area contributed by atoms with Gasteiger partial charge < -0.3 is 4.74 Å². The van der Waals surface area contributed by atoms with Crippen LogP contribution in [0.5, 0.6) is 0 Å². The van der Waals surface area contributed by atoms with E-state index >= 15 is 0 Å². The highest BCUT2D eigenvalue weighted by Gasteiger charge is 2.11. The molecule has 0 bridgehead atoms. The summed E-state index contributed by atoms with van der Waals surface area (Å²) in [4.78, 5) is 11.3. The number of ether oxygens (including phenoxy) is 1. The molecular weight excluding hydrogens is 194 g/mol. The molecule has 1 aromatic heterocycles. The van der Waals surface area contributed by atoms with Crippen molar-refractivity contribution in [3.63, 3.8) is 0 Å². The van der Waals surface area contributed by atoms with Crippen LogP contribution in [-0.2, 0) is 4.74 Å². The van der Waals surface area contributed by atoms with Crippen molar-refractivity contribution in [3.8, 4) is 6.07 Å². The van der Waals surface area contributed by atoms with Crippen LogP contribution in [0.3, 0.4) is 0 Å². The molecule has 0 aliphatic carbocycles. The maximum Gasteiger partial charge on any atom is 0.341 e. The highest BCUT2D eigenvalue weighted by atomic mass is 16.5. The van der Waals surface area contributed by atoms with E-state index in [4.69, 9.17) is 10.00 Å². The fourth-order valence-electron chi connectivity index (χ4n) is 1.12. The normalized spacial score (nSPS) is 11.8. The molecule has 1 unspecified atom stereocenters. The quantitative estimate of drug-likeness (QED) is 0.702. The summed E-state index contributed by atoms with van der Waals surface area (Å²) < 4.78 is 6.42. The molecule has 80 valence electrons. The zero-order valence-corrected chi connectivity index (χ0v) is 8.80. The minimum absolute atomic E-state index is 0.0295. The molecule has 15 heavy (non-hydrogen) atoms. The average Bonchev–Trinajstić information content (AvgIpc) is 2.67. The van der Waals surface area contributed by atoms with Crippen molar-refractivity contribution in [2.24, 2.45) is 0 Å². The van der Waals surface area contributed by atoms with Crippen molar-refractivity contribution < 1.29 is 9.53 Å². The van der Waals surface area contributed by atoms with E-state index in [1.807, 2.05) is 6.92 Å². The number of rotatable bonds is 4. The Balaban J connectivity index is 2.72. The Morgan fingerprint density at radius 2 is 2.53 bits per heavy atom. The standard InChI is InChI=1S/C10H13N3O2/c1-3-15-10(14)9-6-12-13(7-9)8(2)4-5-11/h6-8H,3-4H2,1-2H3. The van der Waals surface area contributed by atoms with Crippen LogP contribution in [0.2, 0.25) is 0 Å². The van der Waals surface area contributed by atoms with Gasteiger partial charge in [-0.05, 0) is 13.8 Å². The lowest BCUT2D eigenvalue weighted by atomic mass is 10.2. The second-order valence-corrected chi connectivity index (χ2v) is 3.14. The predicted molar refractivity (Wildman–Crippen MR) is 53.1 cm³/mol. The van der Waals surface area contributed by atoms with Gasteiger partial charge in [0.1, 0.15) is 0 Å². The predicted octanol–water partition coefficient (Wildman–Crippen LogP) is 1.53. The lowest BCUT2D eigenvalue weighted by molar-refractivity contribution is 0.0526. The number of nitrogens with zero attached hydrogens (tertiary/aromatic N) is 3. The van der Waals surface area contributed by atoms with E-state index in [9.17, 15) is 4.79 Å². The van der Waals surface area contributed by atoms with Gasteiger partial charge in [0, 0.05) is 6.20 Å². The topological polar surface area (TPSA) is 67.9 Å². The first kappa shape index (κ1) is 11.2. The molecule has 0 aromatic carbocycles. The van der Waals surface area contributed by atoms with Crippen molar-refractivity contribution in [2.75, 3.05) is 6.61 Å². The number of nitriles is 1. The third-order valence-electron chi connectivity index (χ3n) is 1.95. The summed E-state index contributed by atoms with van der Waals surface area (Å²) in [7, 11) is 0. The average molecular weight is 207 g/mol. The van der Waals surface area contributed by atoms with Gasteiger partial charge >= 0.3 is 5.97 Å². The van der Waals surface area contributed by atoms with E-state index in [0.29, 0.717) is 18.6 Å². The number of hydrogen-bond acceptors (Lipinski definition) is 4. The van der Waals surface area contributed by atoms with Gasteiger partial charge in [0.25, 0.3) is 0 Å². The second kappa shape index (κ2) is 5.15. The molecule has 1 atom stereocenters. The minimum Gasteiger partial charge on any atom is -0.462 e. The minimum atomic E-state index is -0.382. The molecule has 0 N–H and O–H groups in total. The fourth-order valence-corrected chi connectivity index (χ4v) is 1.12. The van der Waals surface area contributed by atoms with Crippen LogP contribution in [0.1, 0.15) is 36.7 Å². The molecule has 1 rings (SSSR count). The number of esters is 1. The Bertz CT molecular complexity index is 378. The molecule has 0 fully saturated rings. The van der Waals surface area contributed by atoms with E-state index in [-0.39, 0.29) is 12.0 Å². The van der Waals surface area contributed by atoms with Gasteiger partial charge in [-0.1, -0.05) is 0 Å². The molecule has 1 aromatic rings. The van der Waals surface area contributed by atoms with Crippen molar-refractivity contribution in [2.45, 2.75) is 26.3 Å². The summed E-state index contributed by atoms with van der Waals surface area (Å²) in [5.41, 5.74) is 0.418. The first-order chi connectivity index (χ1) is 7.19. The van der Waals surface area contributed by atoms with Gasteiger partial charge in [-0.15, -0.1) is 0 Å². The molecular formula is C10H13N3O2. The van der Waals surface area contributed by atoms with E-state index in [0.717, 1.165) is 0 Å².